The van der Waals surface area contributed by atoms with Crippen molar-refractivity contribution in [2.24, 2.45) is 0 Å². The molecule has 11 rings (SSSR count). The van der Waals surface area contributed by atoms with Crippen LogP contribution in [0.5, 0.6) is 0 Å². The van der Waals surface area contributed by atoms with Crippen LogP contribution in [0.4, 0.5) is 0 Å². The number of aromatic nitrogens is 2. The van der Waals surface area contributed by atoms with Gasteiger partial charge in [0.25, 0.3) is 0 Å². The first-order valence-electron chi connectivity index (χ1n) is 16.6. The van der Waals surface area contributed by atoms with E-state index in [2.05, 4.69) is 179 Å². The zero-order chi connectivity index (χ0) is 31.3. The van der Waals surface area contributed by atoms with Crippen LogP contribution in [0.2, 0.25) is 0 Å². The van der Waals surface area contributed by atoms with E-state index in [1.807, 2.05) is 0 Å². The SMILES string of the molecule is c1ccc(-n2c3ccccc3c3cc(-c4cc5c6cc7ccccc7cc6c6cccc7c6c5c(c4)n7-c4ccccc4)ccc32)cc1. The molecule has 48 heavy (non-hydrogen) atoms. The maximum atomic E-state index is 2.46. The van der Waals surface area contributed by atoms with Gasteiger partial charge in [0.2, 0.25) is 0 Å². The molecule has 0 atom stereocenters. The predicted octanol–water partition coefficient (Wildman–Crippen LogP) is 12.4. The van der Waals surface area contributed by atoms with Crippen LogP contribution in [0.3, 0.4) is 0 Å². The largest absolute Gasteiger partial charge is 0.309 e. The summed E-state index contributed by atoms with van der Waals surface area (Å²) in [6.45, 7) is 0. The van der Waals surface area contributed by atoms with E-state index in [1.54, 1.807) is 0 Å². The van der Waals surface area contributed by atoms with Crippen molar-refractivity contribution in [3.8, 4) is 22.5 Å². The highest BCUT2D eigenvalue weighted by Gasteiger charge is 2.22. The molecule has 0 spiro atoms. The fourth-order valence-electron chi connectivity index (χ4n) is 8.34. The summed E-state index contributed by atoms with van der Waals surface area (Å²) in [6.07, 6.45) is 0. The number of fused-ring (bicyclic) bond motifs is 7. The Labute approximate surface area is 276 Å². The van der Waals surface area contributed by atoms with Crippen LogP contribution in [0, 0.1) is 0 Å². The van der Waals surface area contributed by atoms with Crippen molar-refractivity contribution < 1.29 is 0 Å². The van der Waals surface area contributed by atoms with Crippen LogP contribution in [-0.4, -0.2) is 9.13 Å². The van der Waals surface area contributed by atoms with Crippen LogP contribution in [0.25, 0.3) is 98.4 Å². The third-order valence-corrected chi connectivity index (χ3v) is 10.4. The molecule has 0 unspecified atom stereocenters. The van der Waals surface area contributed by atoms with E-state index < -0.39 is 0 Å². The number of nitrogens with zero attached hydrogens (tertiary/aromatic N) is 2. The lowest BCUT2D eigenvalue weighted by molar-refractivity contribution is 1.18. The minimum Gasteiger partial charge on any atom is -0.309 e. The van der Waals surface area contributed by atoms with Gasteiger partial charge in [0.1, 0.15) is 0 Å². The van der Waals surface area contributed by atoms with Gasteiger partial charge >= 0.3 is 0 Å². The summed E-state index contributed by atoms with van der Waals surface area (Å²) in [6, 6.07) is 62.5. The molecule has 222 valence electrons. The fourth-order valence-corrected chi connectivity index (χ4v) is 8.34. The summed E-state index contributed by atoms with van der Waals surface area (Å²) in [7, 11) is 0. The Balaban J connectivity index is 1.28. The van der Waals surface area contributed by atoms with Crippen LogP contribution < -0.4 is 0 Å². The number of benzene rings is 9. The average Bonchev–Trinajstić information content (AvgIpc) is 3.67. The topological polar surface area (TPSA) is 9.86 Å². The van der Waals surface area contributed by atoms with Crippen LogP contribution >= 0.6 is 0 Å². The lowest BCUT2D eigenvalue weighted by Gasteiger charge is -2.13. The fraction of sp³-hybridized carbons (Fsp3) is 0. The van der Waals surface area contributed by atoms with Gasteiger partial charge in [-0.15, -0.1) is 0 Å². The van der Waals surface area contributed by atoms with Crippen molar-refractivity contribution in [2.45, 2.75) is 0 Å². The first-order valence-corrected chi connectivity index (χ1v) is 16.6. The maximum Gasteiger partial charge on any atom is 0.0553 e. The zero-order valence-corrected chi connectivity index (χ0v) is 26.1. The summed E-state index contributed by atoms with van der Waals surface area (Å²) >= 11 is 0. The van der Waals surface area contributed by atoms with E-state index in [4.69, 9.17) is 0 Å². The van der Waals surface area contributed by atoms with E-state index in [9.17, 15) is 0 Å². The molecule has 2 heteroatoms. The highest BCUT2D eigenvalue weighted by atomic mass is 15.0. The smallest absolute Gasteiger partial charge is 0.0553 e. The number of rotatable bonds is 3. The molecule has 9 aromatic carbocycles. The summed E-state index contributed by atoms with van der Waals surface area (Å²) in [5, 5.41) is 12.9. The zero-order valence-electron chi connectivity index (χ0n) is 26.1. The second-order valence-electron chi connectivity index (χ2n) is 13.0. The molecular formula is C46H28N2. The van der Waals surface area contributed by atoms with E-state index in [0.29, 0.717) is 0 Å². The lowest BCUT2D eigenvalue weighted by atomic mass is 9.90. The van der Waals surface area contributed by atoms with E-state index in [-0.39, 0.29) is 0 Å². The predicted molar refractivity (Wildman–Crippen MR) is 204 cm³/mol. The minimum atomic E-state index is 1.18. The maximum absolute atomic E-state index is 2.46. The van der Waals surface area contributed by atoms with Gasteiger partial charge in [0.15, 0.2) is 0 Å². The molecule has 2 heterocycles. The molecule has 0 bridgehead atoms. The first kappa shape index (κ1) is 25.8. The highest BCUT2D eigenvalue weighted by molar-refractivity contribution is 6.36. The third kappa shape index (κ3) is 3.46. The molecule has 2 nitrogen and oxygen atoms in total. The van der Waals surface area contributed by atoms with Gasteiger partial charge < -0.3 is 9.13 Å². The summed E-state index contributed by atoms with van der Waals surface area (Å²) < 4.78 is 4.85. The average molecular weight is 609 g/mol. The number of hydrogen-bond donors (Lipinski definition) is 0. The Kier molecular flexibility index (Phi) is 5.14. The Hall–Kier alpha value is -6.38. The standard InChI is InChI=1S/C46H28N2/c1-3-14-33(15-4-1)47-41-20-10-9-18-35(41)39-26-31(22-23-42(39)47)32-27-40-38-25-30-13-8-7-12-29(30)24-37(38)36-19-11-21-43-45(36)46(40)44(28-32)48(43)34-16-5-2-6-17-34/h1-28H. The molecule has 2 aromatic heterocycles. The van der Waals surface area contributed by atoms with Gasteiger partial charge in [-0.2, -0.15) is 0 Å². The monoisotopic (exact) mass is 608 g/mol. The summed E-state index contributed by atoms with van der Waals surface area (Å²) in [5.41, 5.74) is 9.71. The van der Waals surface area contributed by atoms with Crippen molar-refractivity contribution >= 4 is 75.9 Å². The lowest BCUT2D eigenvalue weighted by Crippen LogP contribution is -1.93. The quantitative estimate of drug-likeness (QED) is 0.139. The molecule has 0 N–H and O–H groups in total. The second kappa shape index (κ2) is 9.57. The highest BCUT2D eigenvalue weighted by Crippen LogP contribution is 2.46. The molecule has 0 radical (unpaired) electrons. The van der Waals surface area contributed by atoms with Crippen molar-refractivity contribution in [2.75, 3.05) is 0 Å². The van der Waals surface area contributed by atoms with Crippen molar-refractivity contribution in [1.82, 2.24) is 9.13 Å². The molecule has 0 fully saturated rings. The molecule has 0 aliphatic heterocycles. The second-order valence-corrected chi connectivity index (χ2v) is 13.0. The van der Waals surface area contributed by atoms with Crippen LogP contribution in [0.15, 0.2) is 170 Å². The van der Waals surface area contributed by atoms with Crippen LogP contribution in [-0.2, 0) is 0 Å². The van der Waals surface area contributed by atoms with Gasteiger partial charge in [0.05, 0.1) is 22.1 Å². The summed E-state index contributed by atoms with van der Waals surface area (Å²) in [4.78, 5) is 0. The Morgan fingerprint density at radius 1 is 0.271 bits per heavy atom. The molecule has 0 amide bonds. The summed E-state index contributed by atoms with van der Waals surface area (Å²) in [5.74, 6) is 0. The van der Waals surface area contributed by atoms with Crippen molar-refractivity contribution in [3.63, 3.8) is 0 Å². The van der Waals surface area contributed by atoms with Gasteiger partial charge in [-0.3, -0.25) is 0 Å². The van der Waals surface area contributed by atoms with Gasteiger partial charge in [-0.1, -0.05) is 97.1 Å². The first-order chi connectivity index (χ1) is 23.8. The van der Waals surface area contributed by atoms with E-state index in [0.717, 1.165) is 0 Å². The van der Waals surface area contributed by atoms with Gasteiger partial charge in [-0.05, 0) is 116 Å². The van der Waals surface area contributed by atoms with Crippen LogP contribution in [0.1, 0.15) is 0 Å². The Morgan fingerprint density at radius 2 is 0.812 bits per heavy atom. The van der Waals surface area contributed by atoms with Gasteiger partial charge in [0, 0.05) is 32.9 Å². The van der Waals surface area contributed by atoms with Gasteiger partial charge in [-0.25, -0.2) is 0 Å². The molecule has 11 aromatic rings. The molecule has 0 aliphatic rings. The Bertz CT molecular complexity index is 3040. The molecule has 0 saturated heterocycles. The van der Waals surface area contributed by atoms with Crippen molar-refractivity contribution in [1.29, 1.82) is 0 Å². The molecule has 0 saturated carbocycles. The molecule has 0 aliphatic carbocycles. The number of hydrogen-bond acceptors (Lipinski definition) is 0. The van der Waals surface area contributed by atoms with Crippen molar-refractivity contribution in [3.05, 3.63) is 170 Å². The third-order valence-electron chi connectivity index (χ3n) is 10.4. The minimum absolute atomic E-state index is 1.18. The van der Waals surface area contributed by atoms with E-state index >= 15 is 0 Å². The normalized spacial score (nSPS) is 12.2. The number of para-hydroxylation sites is 3. The molecular weight excluding hydrogens is 581 g/mol. The Morgan fingerprint density at radius 3 is 1.56 bits per heavy atom. The van der Waals surface area contributed by atoms with E-state index in [1.165, 1.54) is 98.4 Å².